The lowest BCUT2D eigenvalue weighted by molar-refractivity contribution is -0.132. The molecule has 1 aliphatic rings. The Morgan fingerprint density at radius 2 is 2.04 bits per heavy atom. The first-order valence-electron chi connectivity index (χ1n) is 8.57. The number of halogens is 2. The third-order valence-electron chi connectivity index (χ3n) is 4.31. The average molecular weight is 455 g/mol. The van der Waals surface area contributed by atoms with Crippen molar-refractivity contribution in [2.75, 3.05) is 31.5 Å². The van der Waals surface area contributed by atoms with Crippen LogP contribution in [0.25, 0.3) is 0 Å². The van der Waals surface area contributed by atoms with Gasteiger partial charge < -0.3 is 10.2 Å². The van der Waals surface area contributed by atoms with Crippen molar-refractivity contribution >= 4 is 44.2 Å². The van der Waals surface area contributed by atoms with E-state index in [4.69, 9.17) is 0 Å². The number of rotatable bonds is 5. The van der Waals surface area contributed by atoms with Crippen molar-refractivity contribution in [3.8, 4) is 0 Å². The minimum atomic E-state index is -0.371. The first-order chi connectivity index (χ1) is 12.9. The number of carbonyl (C=O) groups excluding carboxylic acids is 2. The predicted molar refractivity (Wildman–Crippen MR) is 106 cm³/mol. The predicted octanol–water partition coefficient (Wildman–Crippen LogP) is 2.89. The molecular formula is C18H20BrFN4O2S. The summed E-state index contributed by atoms with van der Waals surface area (Å²) >= 11 is 4.61. The molecule has 1 aromatic carbocycles. The minimum Gasteiger partial charge on any atom is -0.340 e. The van der Waals surface area contributed by atoms with Crippen LogP contribution in [0.1, 0.15) is 17.4 Å². The van der Waals surface area contributed by atoms with Crippen LogP contribution < -0.4 is 5.32 Å². The molecule has 1 N–H and O–H groups in total. The van der Waals surface area contributed by atoms with Gasteiger partial charge in [-0.25, -0.2) is 9.37 Å². The molecule has 144 valence electrons. The Hall–Kier alpha value is -1.84. The van der Waals surface area contributed by atoms with Gasteiger partial charge >= 0.3 is 0 Å². The van der Waals surface area contributed by atoms with Gasteiger partial charge in [-0.05, 0) is 27.6 Å². The fraction of sp³-hybridized carbons (Fsp3) is 0.389. The molecule has 2 aromatic rings. The fourth-order valence-corrected chi connectivity index (χ4v) is 4.23. The van der Waals surface area contributed by atoms with Crippen LogP contribution in [0.15, 0.2) is 28.9 Å². The van der Waals surface area contributed by atoms with Gasteiger partial charge in [-0.15, -0.1) is 11.3 Å². The fourth-order valence-electron chi connectivity index (χ4n) is 2.92. The Morgan fingerprint density at radius 1 is 1.30 bits per heavy atom. The molecule has 1 aliphatic heterocycles. The van der Waals surface area contributed by atoms with Gasteiger partial charge in [0, 0.05) is 50.7 Å². The van der Waals surface area contributed by atoms with Crippen LogP contribution in [0, 0.1) is 5.82 Å². The third-order valence-corrected chi connectivity index (χ3v) is 5.82. The summed E-state index contributed by atoms with van der Waals surface area (Å²) in [5.74, 6) is -0.563. The molecule has 0 unspecified atom stereocenters. The summed E-state index contributed by atoms with van der Waals surface area (Å²) in [5, 5.41) is 3.28. The highest BCUT2D eigenvalue weighted by Gasteiger charge is 2.22. The molecule has 0 atom stereocenters. The van der Waals surface area contributed by atoms with E-state index < -0.39 is 0 Å². The van der Waals surface area contributed by atoms with Crippen molar-refractivity contribution < 1.29 is 14.0 Å². The topological polar surface area (TPSA) is 65.5 Å². The quantitative estimate of drug-likeness (QED) is 0.753. The number of benzene rings is 1. The van der Waals surface area contributed by atoms with E-state index in [0.717, 1.165) is 24.5 Å². The van der Waals surface area contributed by atoms with Crippen LogP contribution in [0.5, 0.6) is 0 Å². The molecule has 27 heavy (non-hydrogen) atoms. The number of piperazine rings is 1. The van der Waals surface area contributed by atoms with Crippen LogP contribution in [0.4, 0.5) is 9.52 Å². The molecule has 0 saturated carbocycles. The van der Waals surface area contributed by atoms with Crippen LogP contribution in [-0.4, -0.2) is 52.8 Å². The average Bonchev–Trinajstić information content (AvgIpc) is 3.05. The number of hydrogen-bond donors (Lipinski definition) is 1. The van der Waals surface area contributed by atoms with E-state index in [0.29, 0.717) is 28.3 Å². The van der Waals surface area contributed by atoms with Gasteiger partial charge in [0.1, 0.15) is 5.82 Å². The summed E-state index contributed by atoms with van der Waals surface area (Å²) < 4.78 is 14.4. The second-order valence-corrected chi connectivity index (χ2v) is 8.33. The van der Waals surface area contributed by atoms with Gasteiger partial charge in [0.05, 0.1) is 10.9 Å². The van der Waals surface area contributed by atoms with E-state index in [9.17, 15) is 14.0 Å². The smallest absolute Gasteiger partial charge is 0.227 e. The van der Waals surface area contributed by atoms with Gasteiger partial charge in [-0.2, -0.15) is 0 Å². The van der Waals surface area contributed by atoms with Gasteiger partial charge in [-0.1, -0.05) is 12.1 Å². The first-order valence-corrected chi connectivity index (χ1v) is 10.2. The lowest BCUT2D eigenvalue weighted by atomic mass is 10.1. The van der Waals surface area contributed by atoms with Crippen LogP contribution in [0.2, 0.25) is 0 Å². The highest BCUT2D eigenvalue weighted by Crippen LogP contribution is 2.21. The van der Waals surface area contributed by atoms with Gasteiger partial charge in [-0.3, -0.25) is 14.5 Å². The normalized spacial score (nSPS) is 15.0. The SMILES string of the molecule is CC(=O)Nc1ncc(CN2CCN(C(=O)Cc3cccc(Br)c3F)CC2)s1. The molecule has 2 amide bonds. The van der Waals surface area contributed by atoms with E-state index in [1.807, 2.05) is 0 Å². The zero-order valence-corrected chi connectivity index (χ0v) is 17.3. The third kappa shape index (κ3) is 5.33. The molecule has 1 aromatic heterocycles. The largest absolute Gasteiger partial charge is 0.340 e. The summed E-state index contributed by atoms with van der Waals surface area (Å²) in [6, 6.07) is 5.00. The lowest BCUT2D eigenvalue weighted by Gasteiger charge is -2.34. The van der Waals surface area contributed by atoms with Gasteiger partial charge in [0.2, 0.25) is 11.8 Å². The van der Waals surface area contributed by atoms with E-state index in [1.54, 1.807) is 29.3 Å². The Labute approximate surface area is 169 Å². The molecule has 1 saturated heterocycles. The summed E-state index contributed by atoms with van der Waals surface area (Å²) in [5.41, 5.74) is 0.409. The molecule has 3 rings (SSSR count). The Bertz CT molecular complexity index is 837. The van der Waals surface area contributed by atoms with Crippen molar-refractivity contribution in [1.29, 1.82) is 0 Å². The highest BCUT2D eigenvalue weighted by atomic mass is 79.9. The molecule has 0 bridgehead atoms. The second kappa shape index (κ2) is 8.90. The van der Waals surface area contributed by atoms with Crippen LogP contribution >= 0.6 is 27.3 Å². The standard InChI is InChI=1S/C18H20BrFN4O2S/c1-12(25)22-18-21-10-14(27-18)11-23-5-7-24(8-6-23)16(26)9-13-3-2-4-15(19)17(13)20/h2-4,10H,5-9,11H2,1H3,(H,21,22,25). The lowest BCUT2D eigenvalue weighted by Crippen LogP contribution is -2.48. The molecular weight excluding hydrogens is 435 g/mol. The van der Waals surface area contributed by atoms with E-state index in [1.165, 1.54) is 18.3 Å². The van der Waals surface area contributed by atoms with Crippen molar-refractivity contribution in [3.05, 3.63) is 45.1 Å². The van der Waals surface area contributed by atoms with Crippen LogP contribution in [0.3, 0.4) is 0 Å². The van der Waals surface area contributed by atoms with E-state index in [2.05, 4.69) is 31.1 Å². The second-order valence-electron chi connectivity index (χ2n) is 6.36. The summed E-state index contributed by atoms with van der Waals surface area (Å²) in [6.07, 6.45) is 1.84. The molecule has 0 aliphatic carbocycles. The first kappa shape index (κ1) is 19.9. The molecule has 2 heterocycles. The van der Waals surface area contributed by atoms with Crippen molar-refractivity contribution in [2.45, 2.75) is 19.9 Å². The number of anilines is 1. The highest BCUT2D eigenvalue weighted by molar-refractivity contribution is 9.10. The van der Waals surface area contributed by atoms with Gasteiger partial charge in [0.15, 0.2) is 5.13 Å². The molecule has 0 spiro atoms. The molecule has 9 heteroatoms. The molecule has 1 fully saturated rings. The van der Waals surface area contributed by atoms with Gasteiger partial charge in [0.25, 0.3) is 0 Å². The van der Waals surface area contributed by atoms with Crippen molar-refractivity contribution in [3.63, 3.8) is 0 Å². The number of carbonyl (C=O) groups is 2. The number of amides is 2. The zero-order valence-electron chi connectivity index (χ0n) is 14.9. The summed E-state index contributed by atoms with van der Waals surface area (Å²) in [6.45, 7) is 4.93. The zero-order chi connectivity index (χ0) is 19.4. The maximum absolute atomic E-state index is 14.1. The number of aromatic nitrogens is 1. The maximum atomic E-state index is 14.1. The van der Waals surface area contributed by atoms with E-state index >= 15 is 0 Å². The number of nitrogens with one attached hydrogen (secondary N) is 1. The number of nitrogens with zero attached hydrogens (tertiary/aromatic N) is 3. The van der Waals surface area contributed by atoms with E-state index in [-0.39, 0.29) is 24.1 Å². The van der Waals surface area contributed by atoms with Crippen LogP contribution in [-0.2, 0) is 22.6 Å². The Kier molecular flexibility index (Phi) is 6.56. The molecule has 0 radical (unpaired) electrons. The minimum absolute atomic E-state index is 0.0580. The number of thiazole rings is 1. The Morgan fingerprint density at radius 3 is 2.74 bits per heavy atom. The number of hydrogen-bond acceptors (Lipinski definition) is 5. The maximum Gasteiger partial charge on any atom is 0.227 e. The van der Waals surface area contributed by atoms with Crippen molar-refractivity contribution in [2.24, 2.45) is 0 Å². The van der Waals surface area contributed by atoms with Crippen molar-refractivity contribution in [1.82, 2.24) is 14.8 Å². The molecule has 6 nitrogen and oxygen atoms in total. The summed E-state index contributed by atoms with van der Waals surface area (Å²) in [4.78, 5) is 32.8. The Balaban J connectivity index is 1.49. The summed E-state index contributed by atoms with van der Waals surface area (Å²) in [7, 11) is 0. The monoisotopic (exact) mass is 454 g/mol.